The van der Waals surface area contributed by atoms with Crippen LogP contribution in [0, 0.1) is 5.92 Å². The number of rotatable bonds is 4. The second kappa shape index (κ2) is 8.68. The zero-order valence-electron chi connectivity index (χ0n) is 17.3. The molecule has 1 aromatic heterocycles. The van der Waals surface area contributed by atoms with Crippen molar-refractivity contribution in [3.8, 4) is 5.75 Å². The molecule has 2 aliphatic rings. The average molecular weight is 396 g/mol. The van der Waals surface area contributed by atoms with Gasteiger partial charge in [0, 0.05) is 45.0 Å². The van der Waals surface area contributed by atoms with Crippen molar-refractivity contribution in [1.29, 1.82) is 0 Å². The third-order valence-electron chi connectivity index (χ3n) is 5.84. The van der Waals surface area contributed by atoms with Gasteiger partial charge in [0.1, 0.15) is 17.3 Å². The highest BCUT2D eigenvalue weighted by atomic mass is 16.5. The van der Waals surface area contributed by atoms with Crippen LogP contribution in [0.25, 0.3) is 0 Å². The van der Waals surface area contributed by atoms with E-state index in [1.54, 1.807) is 19.5 Å². The van der Waals surface area contributed by atoms with Crippen LogP contribution in [0.2, 0.25) is 0 Å². The summed E-state index contributed by atoms with van der Waals surface area (Å²) in [5, 5.41) is 0. The molecule has 2 fully saturated rings. The number of methoxy groups -OCH3 is 1. The first-order chi connectivity index (χ1) is 14.1. The molecule has 29 heavy (non-hydrogen) atoms. The number of amides is 1. The Morgan fingerprint density at radius 2 is 1.76 bits per heavy atom. The zero-order valence-corrected chi connectivity index (χ0v) is 17.3. The van der Waals surface area contributed by atoms with E-state index < -0.39 is 0 Å². The van der Waals surface area contributed by atoms with E-state index in [-0.39, 0.29) is 5.91 Å². The van der Waals surface area contributed by atoms with E-state index in [0.29, 0.717) is 24.7 Å². The summed E-state index contributed by atoms with van der Waals surface area (Å²) in [7, 11) is 1.67. The predicted molar refractivity (Wildman–Crippen MR) is 114 cm³/mol. The van der Waals surface area contributed by atoms with Gasteiger partial charge in [0.05, 0.1) is 19.5 Å². The van der Waals surface area contributed by atoms with Gasteiger partial charge in [0.15, 0.2) is 0 Å². The minimum absolute atomic E-state index is 0.0366. The second-order valence-electron chi connectivity index (χ2n) is 7.93. The normalized spacial score (nSPS) is 19.9. The highest BCUT2D eigenvalue weighted by Gasteiger charge is 2.24. The van der Waals surface area contributed by atoms with E-state index in [4.69, 9.17) is 4.74 Å². The molecule has 0 radical (unpaired) electrons. The number of anilines is 2. The van der Waals surface area contributed by atoms with Crippen molar-refractivity contribution in [2.45, 2.75) is 19.8 Å². The lowest BCUT2D eigenvalue weighted by Gasteiger charge is -2.36. The molecule has 0 N–H and O–H groups in total. The minimum Gasteiger partial charge on any atom is -0.497 e. The Bertz CT molecular complexity index is 816. The molecule has 1 aromatic carbocycles. The lowest BCUT2D eigenvalue weighted by atomic mass is 10.0. The molecule has 0 bridgehead atoms. The highest BCUT2D eigenvalue weighted by molar-refractivity contribution is 5.92. The summed E-state index contributed by atoms with van der Waals surface area (Å²) in [6, 6.07) is 8.05. The van der Waals surface area contributed by atoms with Gasteiger partial charge in [-0.3, -0.25) is 4.79 Å². The Morgan fingerprint density at radius 1 is 1.00 bits per heavy atom. The van der Waals surface area contributed by atoms with Crippen LogP contribution >= 0.6 is 0 Å². The molecule has 2 aromatic rings. The first-order valence-corrected chi connectivity index (χ1v) is 10.4. The maximum absolute atomic E-state index is 12.8. The maximum atomic E-state index is 12.8. The molecule has 154 valence electrons. The van der Waals surface area contributed by atoms with Crippen LogP contribution in [0.5, 0.6) is 5.75 Å². The Hall–Kier alpha value is -2.83. The number of piperazine rings is 1. The first-order valence-electron chi connectivity index (χ1n) is 10.4. The Labute approximate surface area is 172 Å². The predicted octanol–water partition coefficient (Wildman–Crippen LogP) is 2.68. The van der Waals surface area contributed by atoms with Crippen molar-refractivity contribution in [1.82, 2.24) is 14.9 Å². The molecule has 2 aliphatic heterocycles. The van der Waals surface area contributed by atoms with Crippen molar-refractivity contribution in [2.24, 2.45) is 5.92 Å². The fourth-order valence-corrected chi connectivity index (χ4v) is 4.12. The maximum Gasteiger partial charge on any atom is 0.274 e. The minimum atomic E-state index is -0.0366. The summed E-state index contributed by atoms with van der Waals surface area (Å²) >= 11 is 0. The van der Waals surface area contributed by atoms with E-state index in [2.05, 4.69) is 38.8 Å². The molecule has 1 atom stereocenters. The summed E-state index contributed by atoms with van der Waals surface area (Å²) in [5.41, 5.74) is 1.58. The fourth-order valence-electron chi connectivity index (χ4n) is 4.12. The van der Waals surface area contributed by atoms with Crippen LogP contribution in [-0.2, 0) is 0 Å². The smallest absolute Gasteiger partial charge is 0.274 e. The van der Waals surface area contributed by atoms with Gasteiger partial charge in [-0.1, -0.05) is 6.92 Å². The van der Waals surface area contributed by atoms with Gasteiger partial charge in [-0.2, -0.15) is 0 Å². The number of nitrogens with zero attached hydrogens (tertiary/aromatic N) is 5. The molecular formula is C22H29N5O2. The number of hydrogen-bond acceptors (Lipinski definition) is 6. The van der Waals surface area contributed by atoms with E-state index in [1.165, 1.54) is 12.8 Å². The summed E-state index contributed by atoms with van der Waals surface area (Å²) in [4.78, 5) is 28.2. The SMILES string of the molecule is COc1ccc(N2CCN(C(=O)c3cnc(N4CCCC(C)C4)cn3)CC2)cc1. The van der Waals surface area contributed by atoms with Crippen LogP contribution in [0.1, 0.15) is 30.3 Å². The van der Waals surface area contributed by atoms with E-state index in [9.17, 15) is 4.79 Å². The summed E-state index contributed by atoms with van der Waals surface area (Å²) in [6.07, 6.45) is 5.83. The molecular weight excluding hydrogens is 366 g/mol. The number of benzene rings is 1. The van der Waals surface area contributed by atoms with E-state index >= 15 is 0 Å². The van der Waals surface area contributed by atoms with Crippen molar-refractivity contribution < 1.29 is 9.53 Å². The largest absolute Gasteiger partial charge is 0.497 e. The molecule has 0 spiro atoms. The monoisotopic (exact) mass is 395 g/mol. The Balaban J connectivity index is 1.34. The number of carbonyl (C=O) groups excluding carboxylic acids is 1. The Morgan fingerprint density at radius 3 is 2.38 bits per heavy atom. The number of carbonyl (C=O) groups is 1. The average Bonchev–Trinajstić information content (AvgIpc) is 2.79. The van der Waals surface area contributed by atoms with Gasteiger partial charge in [-0.15, -0.1) is 0 Å². The van der Waals surface area contributed by atoms with Crippen LogP contribution in [0.4, 0.5) is 11.5 Å². The summed E-state index contributed by atoms with van der Waals surface area (Å²) in [5.74, 6) is 2.36. The molecule has 0 aliphatic carbocycles. The lowest BCUT2D eigenvalue weighted by Crippen LogP contribution is -2.49. The molecule has 3 heterocycles. The van der Waals surface area contributed by atoms with Crippen LogP contribution in [0.15, 0.2) is 36.7 Å². The van der Waals surface area contributed by atoms with Gasteiger partial charge in [-0.25, -0.2) is 9.97 Å². The van der Waals surface area contributed by atoms with Crippen LogP contribution in [0.3, 0.4) is 0 Å². The molecule has 0 saturated carbocycles. The standard InChI is InChI=1S/C22H29N5O2/c1-17-4-3-9-27(16-17)21-15-23-20(14-24-21)22(28)26-12-10-25(11-13-26)18-5-7-19(29-2)8-6-18/h5-8,14-15,17H,3-4,9-13,16H2,1-2H3. The Kier molecular flexibility index (Phi) is 5.83. The van der Waals surface area contributed by atoms with Gasteiger partial charge < -0.3 is 19.4 Å². The summed E-state index contributed by atoms with van der Waals surface area (Å²) < 4.78 is 5.22. The third-order valence-corrected chi connectivity index (χ3v) is 5.84. The number of ether oxygens (including phenoxy) is 1. The van der Waals surface area contributed by atoms with E-state index in [0.717, 1.165) is 43.4 Å². The third kappa shape index (κ3) is 4.44. The lowest BCUT2D eigenvalue weighted by molar-refractivity contribution is 0.0740. The van der Waals surface area contributed by atoms with Crippen LogP contribution < -0.4 is 14.5 Å². The second-order valence-corrected chi connectivity index (χ2v) is 7.93. The zero-order chi connectivity index (χ0) is 20.2. The topological polar surface area (TPSA) is 61.8 Å². The molecule has 1 unspecified atom stereocenters. The number of aromatic nitrogens is 2. The van der Waals surface area contributed by atoms with Crippen molar-refractivity contribution >= 4 is 17.4 Å². The molecule has 2 saturated heterocycles. The van der Waals surface area contributed by atoms with Gasteiger partial charge >= 0.3 is 0 Å². The first kappa shape index (κ1) is 19.5. The van der Waals surface area contributed by atoms with Gasteiger partial charge in [0.2, 0.25) is 0 Å². The molecule has 1 amide bonds. The highest BCUT2D eigenvalue weighted by Crippen LogP contribution is 2.22. The van der Waals surface area contributed by atoms with Crippen molar-refractivity contribution in [3.63, 3.8) is 0 Å². The quantitative estimate of drug-likeness (QED) is 0.793. The number of hydrogen-bond donors (Lipinski definition) is 0. The molecule has 4 rings (SSSR count). The number of piperidine rings is 1. The van der Waals surface area contributed by atoms with Crippen molar-refractivity contribution in [2.75, 3.05) is 56.2 Å². The van der Waals surface area contributed by atoms with Gasteiger partial charge in [0.25, 0.3) is 5.91 Å². The van der Waals surface area contributed by atoms with Crippen molar-refractivity contribution in [3.05, 3.63) is 42.4 Å². The summed E-state index contributed by atoms with van der Waals surface area (Å²) in [6.45, 7) is 7.25. The molecule has 7 heteroatoms. The fraction of sp³-hybridized carbons (Fsp3) is 0.500. The van der Waals surface area contributed by atoms with Crippen LogP contribution in [-0.4, -0.2) is 67.2 Å². The molecule has 7 nitrogen and oxygen atoms in total. The van der Waals surface area contributed by atoms with E-state index in [1.807, 2.05) is 17.0 Å². The van der Waals surface area contributed by atoms with Gasteiger partial charge in [-0.05, 0) is 43.0 Å².